The van der Waals surface area contributed by atoms with E-state index in [1.807, 2.05) is 20.8 Å². The van der Waals surface area contributed by atoms with E-state index in [4.69, 9.17) is 46.4 Å². The second-order valence-electron chi connectivity index (χ2n) is 3.83. The quantitative estimate of drug-likeness (QED) is 0.646. The van der Waals surface area contributed by atoms with E-state index < -0.39 is 4.33 Å². The molecule has 1 aliphatic rings. The van der Waals surface area contributed by atoms with E-state index in [9.17, 15) is 0 Å². The first-order valence-electron chi connectivity index (χ1n) is 4.20. The van der Waals surface area contributed by atoms with Crippen molar-refractivity contribution in [3.05, 3.63) is 10.6 Å². The fourth-order valence-corrected chi connectivity index (χ4v) is 2.88. The maximum atomic E-state index is 6.22. The summed E-state index contributed by atoms with van der Waals surface area (Å²) in [5.41, 5.74) is 0.889. The van der Waals surface area contributed by atoms with E-state index in [-0.39, 0.29) is 10.8 Å². The Morgan fingerprint density at radius 2 is 1.77 bits per heavy atom. The summed E-state index contributed by atoms with van der Waals surface area (Å²) >= 11 is 24.0. The monoisotopic (exact) mass is 260 g/mol. The second kappa shape index (κ2) is 3.48. The van der Waals surface area contributed by atoms with Crippen LogP contribution >= 0.6 is 46.4 Å². The van der Waals surface area contributed by atoms with Crippen LogP contribution in [0.4, 0.5) is 0 Å². The molecule has 0 aromatic rings. The number of hydrogen-bond donors (Lipinski definition) is 0. The van der Waals surface area contributed by atoms with E-state index in [0.29, 0.717) is 5.03 Å². The zero-order chi connectivity index (χ0) is 10.4. The smallest absolute Gasteiger partial charge is 0.119 e. The molecule has 1 unspecified atom stereocenters. The second-order valence-corrected chi connectivity index (χ2v) is 6.51. The van der Waals surface area contributed by atoms with Gasteiger partial charge in [-0.1, -0.05) is 41.7 Å². The minimum atomic E-state index is -0.936. The lowest BCUT2D eigenvalue weighted by atomic mass is 9.90. The van der Waals surface area contributed by atoms with Crippen LogP contribution in [0.3, 0.4) is 0 Å². The molecule has 0 aliphatic heterocycles. The molecule has 1 aliphatic carbocycles. The molecule has 1 rings (SSSR count). The summed E-state index contributed by atoms with van der Waals surface area (Å²) in [6.07, 6.45) is 0.892. The number of rotatable bonds is 3. The minimum absolute atomic E-state index is 0.150. The summed E-state index contributed by atoms with van der Waals surface area (Å²) in [6, 6.07) is 0. The van der Waals surface area contributed by atoms with Crippen LogP contribution in [0, 0.1) is 5.92 Å². The van der Waals surface area contributed by atoms with E-state index in [1.54, 1.807) is 0 Å². The first-order chi connectivity index (χ1) is 5.73. The SMILES string of the molecule is CCC(C1=C(Cl)C1(Cl)Cl)C(C)(C)Cl. The van der Waals surface area contributed by atoms with Gasteiger partial charge in [0.05, 0.1) is 5.03 Å². The number of halogens is 4. The van der Waals surface area contributed by atoms with Crippen molar-refractivity contribution in [2.45, 2.75) is 36.4 Å². The van der Waals surface area contributed by atoms with Gasteiger partial charge in [0.2, 0.25) is 0 Å². The summed E-state index contributed by atoms with van der Waals surface area (Å²) < 4.78 is -0.936. The van der Waals surface area contributed by atoms with Crippen molar-refractivity contribution in [3.8, 4) is 0 Å². The highest BCUT2D eigenvalue weighted by Crippen LogP contribution is 2.61. The number of hydrogen-bond acceptors (Lipinski definition) is 0. The van der Waals surface area contributed by atoms with Gasteiger partial charge in [-0.05, 0) is 25.8 Å². The van der Waals surface area contributed by atoms with Crippen molar-refractivity contribution in [1.82, 2.24) is 0 Å². The van der Waals surface area contributed by atoms with Crippen molar-refractivity contribution < 1.29 is 0 Å². The van der Waals surface area contributed by atoms with Gasteiger partial charge in [0.15, 0.2) is 4.33 Å². The molecular formula is C9H12Cl4. The van der Waals surface area contributed by atoms with Crippen molar-refractivity contribution >= 4 is 46.4 Å². The largest absolute Gasteiger partial charge is 0.176 e. The van der Waals surface area contributed by atoms with Gasteiger partial charge in [-0.15, -0.1) is 11.6 Å². The van der Waals surface area contributed by atoms with Gasteiger partial charge >= 0.3 is 0 Å². The predicted molar refractivity (Wildman–Crippen MR) is 61.0 cm³/mol. The molecule has 0 radical (unpaired) electrons. The predicted octanol–water partition coefficient (Wildman–Crippen LogP) is 4.71. The molecule has 13 heavy (non-hydrogen) atoms. The third-order valence-corrected chi connectivity index (χ3v) is 4.10. The Labute approximate surface area is 99.2 Å². The molecule has 0 bridgehead atoms. The Morgan fingerprint density at radius 1 is 1.38 bits per heavy atom. The lowest BCUT2D eigenvalue weighted by Crippen LogP contribution is -2.25. The Morgan fingerprint density at radius 3 is 1.85 bits per heavy atom. The van der Waals surface area contributed by atoms with Crippen molar-refractivity contribution in [1.29, 1.82) is 0 Å². The van der Waals surface area contributed by atoms with E-state index in [2.05, 4.69) is 0 Å². The minimum Gasteiger partial charge on any atom is -0.119 e. The molecule has 0 saturated heterocycles. The van der Waals surface area contributed by atoms with Crippen molar-refractivity contribution in [2.24, 2.45) is 5.92 Å². The van der Waals surface area contributed by atoms with Crippen molar-refractivity contribution in [3.63, 3.8) is 0 Å². The van der Waals surface area contributed by atoms with Crippen LogP contribution < -0.4 is 0 Å². The Kier molecular flexibility index (Phi) is 3.21. The van der Waals surface area contributed by atoms with Gasteiger partial charge in [0.1, 0.15) is 0 Å². The summed E-state index contributed by atoms with van der Waals surface area (Å²) in [6.45, 7) is 5.94. The first kappa shape index (κ1) is 12.0. The normalized spacial score (nSPS) is 23.3. The molecule has 0 aromatic heterocycles. The van der Waals surface area contributed by atoms with E-state index >= 15 is 0 Å². The molecule has 0 aromatic carbocycles. The third kappa shape index (κ3) is 2.12. The zero-order valence-corrected chi connectivity index (χ0v) is 10.8. The summed E-state index contributed by atoms with van der Waals surface area (Å²) in [7, 11) is 0. The molecule has 76 valence electrons. The zero-order valence-electron chi connectivity index (χ0n) is 7.80. The van der Waals surface area contributed by atoms with Crippen LogP contribution in [0.5, 0.6) is 0 Å². The molecule has 1 atom stereocenters. The lowest BCUT2D eigenvalue weighted by Gasteiger charge is -2.26. The van der Waals surface area contributed by atoms with Gasteiger partial charge in [0.25, 0.3) is 0 Å². The average Bonchev–Trinajstić information content (AvgIpc) is 2.37. The highest BCUT2D eigenvalue weighted by Gasteiger charge is 2.55. The fraction of sp³-hybridized carbons (Fsp3) is 0.778. The summed E-state index contributed by atoms with van der Waals surface area (Å²) in [5.74, 6) is 0.150. The Bertz CT molecular complexity index is 247. The van der Waals surface area contributed by atoms with Gasteiger partial charge in [-0.3, -0.25) is 0 Å². The summed E-state index contributed by atoms with van der Waals surface area (Å²) in [4.78, 5) is -0.351. The van der Waals surface area contributed by atoms with Crippen LogP contribution in [-0.4, -0.2) is 9.21 Å². The van der Waals surface area contributed by atoms with Crippen LogP contribution in [-0.2, 0) is 0 Å². The molecule has 0 N–H and O–H groups in total. The molecular weight excluding hydrogens is 250 g/mol. The standard InChI is InChI=1S/C9H12Cl4/c1-4-5(8(2,3)11)6-7(10)9(6,12)13/h5H,4H2,1-3H3. The van der Waals surface area contributed by atoms with Gasteiger partial charge in [-0.25, -0.2) is 0 Å². The first-order valence-corrected chi connectivity index (χ1v) is 5.71. The Balaban J connectivity index is 2.84. The van der Waals surface area contributed by atoms with Crippen LogP contribution in [0.2, 0.25) is 0 Å². The molecule has 0 nitrogen and oxygen atoms in total. The van der Waals surface area contributed by atoms with Gasteiger partial charge in [-0.2, -0.15) is 0 Å². The topological polar surface area (TPSA) is 0 Å². The highest BCUT2D eigenvalue weighted by atomic mass is 35.5. The van der Waals surface area contributed by atoms with Gasteiger partial charge in [0, 0.05) is 10.8 Å². The van der Waals surface area contributed by atoms with Gasteiger partial charge < -0.3 is 0 Å². The molecule has 0 saturated carbocycles. The Hall–Kier alpha value is 0.900. The van der Waals surface area contributed by atoms with Crippen LogP contribution in [0.15, 0.2) is 10.6 Å². The molecule has 0 heterocycles. The third-order valence-electron chi connectivity index (χ3n) is 2.37. The van der Waals surface area contributed by atoms with Crippen molar-refractivity contribution in [2.75, 3.05) is 0 Å². The highest BCUT2D eigenvalue weighted by molar-refractivity contribution is 6.63. The van der Waals surface area contributed by atoms with E-state index in [1.165, 1.54) is 0 Å². The fourth-order valence-electron chi connectivity index (χ4n) is 1.63. The molecule has 4 heteroatoms. The summed E-state index contributed by atoms with van der Waals surface area (Å²) in [5, 5.41) is 0.552. The van der Waals surface area contributed by atoms with Crippen LogP contribution in [0.25, 0.3) is 0 Å². The molecule has 0 fully saturated rings. The maximum Gasteiger partial charge on any atom is 0.176 e. The molecule has 0 spiro atoms. The molecule has 0 amide bonds. The van der Waals surface area contributed by atoms with Crippen LogP contribution in [0.1, 0.15) is 27.2 Å². The number of alkyl halides is 3. The maximum absolute atomic E-state index is 6.22. The van der Waals surface area contributed by atoms with E-state index in [0.717, 1.165) is 12.0 Å². The lowest BCUT2D eigenvalue weighted by molar-refractivity contribution is 0.471. The average molecular weight is 262 g/mol. The number of allylic oxidation sites excluding steroid dienone is 2.